The molecule has 0 amide bonds. The third kappa shape index (κ3) is 2.06. The van der Waals surface area contributed by atoms with Crippen molar-refractivity contribution >= 4 is 5.95 Å². The zero-order chi connectivity index (χ0) is 13.4. The summed E-state index contributed by atoms with van der Waals surface area (Å²) in [5, 5.41) is 3.42. The Bertz CT molecular complexity index is 613. The fraction of sp³-hybridized carbons (Fsp3) is 0.375. The van der Waals surface area contributed by atoms with E-state index < -0.39 is 0 Å². The third-order valence-corrected chi connectivity index (χ3v) is 4.17. The SMILES string of the molecule is c1ccc2c(c1)CN(c1ncc3c(n1)CCNCC3)C2. The van der Waals surface area contributed by atoms with Gasteiger partial charge in [-0.25, -0.2) is 9.97 Å². The third-order valence-electron chi connectivity index (χ3n) is 4.17. The first-order valence-corrected chi connectivity index (χ1v) is 7.27. The Hall–Kier alpha value is -1.94. The quantitative estimate of drug-likeness (QED) is 0.852. The van der Waals surface area contributed by atoms with Crippen LogP contribution < -0.4 is 10.2 Å². The van der Waals surface area contributed by atoms with Crippen molar-refractivity contribution in [3.8, 4) is 0 Å². The second-order valence-electron chi connectivity index (χ2n) is 5.52. The van der Waals surface area contributed by atoms with E-state index in [0.717, 1.165) is 45.0 Å². The molecule has 2 aromatic rings. The largest absolute Gasteiger partial charge is 0.332 e. The van der Waals surface area contributed by atoms with E-state index >= 15 is 0 Å². The average molecular weight is 266 g/mol. The number of hydrogen-bond donors (Lipinski definition) is 1. The minimum absolute atomic E-state index is 0.877. The van der Waals surface area contributed by atoms with Crippen LogP contribution >= 0.6 is 0 Å². The molecule has 1 aromatic heterocycles. The highest BCUT2D eigenvalue weighted by atomic mass is 15.3. The van der Waals surface area contributed by atoms with Crippen LogP contribution in [0.2, 0.25) is 0 Å². The number of nitrogens with one attached hydrogen (secondary N) is 1. The minimum atomic E-state index is 0.877. The van der Waals surface area contributed by atoms with Crippen LogP contribution in [0.3, 0.4) is 0 Å². The normalized spacial score (nSPS) is 17.5. The van der Waals surface area contributed by atoms with Crippen LogP contribution in [0.4, 0.5) is 5.95 Å². The van der Waals surface area contributed by atoms with Gasteiger partial charge in [0.05, 0.1) is 5.69 Å². The van der Waals surface area contributed by atoms with Crippen LogP contribution in [-0.2, 0) is 25.9 Å². The maximum absolute atomic E-state index is 4.81. The van der Waals surface area contributed by atoms with Crippen molar-refractivity contribution in [3.63, 3.8) is 0 Å². The molecule has 4 heteroatoms. The predicted octanol–water partition coefficient (Wildman–Crippen LogP) is 1.69. The topological polar surface area (TPSA) is 41.1 Å². The maximum Gasteiger partial charge on any atom is 0.226 e. The summed E-state index contributed by atoms with van der Waals surface area (Å²) in [5.74, 6) is 0.877. The van der Waals surface area contributed by atoms with Crippen molar-refractivity contribution in [3.05, 3.63) is 52.8 Å². The fourth-order valence-corrected chi connectivity index (χ4v) is 3.04. The lowest BCUT2D eigenvalue weighted by atomic mass is 10.1. The molecule has 0 aliphatic carbocycles. The lowest BCUT2D eigenvalue weighted by Crippen LogP contribution is -2.19. The molecule has 0 radical (unpaired) electrons. The summed E-state index contributed by atoms with van der Waals surface area (Å²) in [6.45, 7) is 3.90. The highest BCUT2D eigenvalue weighted by Crippen LogP contribution is 2.26. The van der Waals surface area contributed by atoms with Gasteiger partial charge < -0.3 is 10.2 Å². The number of nitrogens with zero attached hydrogens (tertiary/aromatic N) is 3. The van der Waals surface area contributed by atoms with Gasteiger partial charge in [0, 0.05) is 32.3 Å². The van der Waals surface area contributed by atoms with Crippen LogP contribution in [0.5, 0.6) is 0 Å². The summed E-state index contributed by atoms with van der Waals surface area (Å²) in [6, 6.07) is 8.60. The summed E-state index contributed by atoms with van der Waals surface area (Å²) < 4.78 is 0. The molecular formula is C16H18N4. The smallest absolute Gasteiger partial charge is 0.226 e. The monoisotopic (exact) mass is 266 g/mol. The van der Waals surface area contributed by atoms with Crippen molar-refractivity contribution in [2.45, 2.75) is 25.9 Å². The van der Waals surface area contributed by atoms with Gasteiger partial charge in [-0.05, 0) is 29.7 Å². The van der Waals surface area contributed by atoms with Crippen molar-refractivity contribution in [1.29, 1.82) is 0 Å². The van der Waals surface area contributed by atoms with E-state index in [-0.39, 0.29) is 0 Å². The van der Waals surface area contributed by atoms with E-state index in [4.69, 9.17) is 4.98 Å². The molecule has 0 saturated carbocycles. The van der Waals surface area contributed by atoms with Gasteiger partial charge in [0.2, 0.25) is 5.95 Å². The van der Waals surface area contributed by atoms with E-state index in [1.54, 1.807) is 0 Å². The molecule has 2 aliphatic rings. The zero-order valence-electron chi connectivity index (χ0n) is 11.5. The summed E-state index contributed by atoms with van der Waals surface area (Å²) in [7, 11) is 0. The van der Waals surface area contributed by atoms with Crippen LogP contribution in [0, 0.1) is 0 Å². The van der Waals surface area contributed by atoms with E-state index in [0.29, 0.717) is 0 Å². The van der Waals surface area contributed by atoms with Gasteiger partial charge in [-0.2, -0.15) is 0 Å². The van der Waals surface area contributed by atoms with Crippen molar-refractivity contribution in [1.82, 2.24) is 15.3 Å². The first-order chi connectivity index (χ1) is 9.90. The first kappa shape index (κ1) is 11.9. The second-order valence-corrected chi connectivity index (χ2v) is 5.52. The Kier molecular flexibility index (Phi) is 2.89. The molecule has 0 fully saturated rings. The molecular weight excluding hydrogens is 248 g/mol. The van der Waals surface area contributed by atoms with Gasteiger partial charge in [0.1, 0.15) is 0 Å². The Labute approximate surface area is 118 Å². The van der Waals surface area contributed by atoms with Gasteiger partial charge >= 0.3 is 0 Å². The summed E-state index contributed by atoms with van der Waals surface area (Å²) in [6.07, 6.45) is 4.06. The van der Waals surface area contributed by atoms with Gasteiger partial charge in [0.25, 0.3) is 0 Å². The van der Waals surface area contributed by atoms with Gasteiger partial charge in [-0.15, -0.1) is 0 Å². The average Bonchev–Trinajstić information content (AvgIpc) is 2.78. The summed E-state index contributed by atoms with van der Waals surface area (Å²) in [5.41, 5.74) is 5.31. The predicted molar refractivity (Wildman–Crippen MR) is 78.6 cm³/mol. The van der Waals surface area contributed by atoms with Crippen molar-refractivity contribution < 1.29 is 0 Å². The van der Waals surface area contributed by atoms with Gasteiger partial charge in [-0.1, -0.05) is 24.3 Å². The van der Waals surface area contributed by atoms with Gasteiger partial charge in [0.15, 0.2) is 0 Å². The molecule has 4 rings (SSSR count). The number of fused-ring (bicyclic) bond motifs is 2. The molecule has 1 aromatic carbocycles. The second kappa shape index (κ2) is 4.87. The van der Waals surface area contributed by atoms with Crippen LogP contribution in [0.15, 0.2) is 30.5 Å². The molecule has 0 bridgehead atoms. The molecule has 4 nitrogen and oxygen atoms in total. The number of anilines is 1. The molecule has 2 aliphatic heterocycles. The van der Waals surface area contributed by atoms with Crippen molar-refractivity contribution in [2.75, 3.05) is 18.0 Å². The highest BCUT2D eigenvalue weighted by Gasteiger charge is 2.21. The highest BCUT2D eigenvalue weighted by molar-refractivity contribution is 5.44. The van der Waals surface area contributed by atoms with E-state index in [1.807, 2.05) is 6.20 Å². The Morgan fingerprint density at radius 3 is 2.50 bits per heavy atom. The van der Waals surface area contributed by atoms with Crippen LogP contribution in [0.1, 0.15) is 22.4 Å². The molecule has 20 heavy (non-hydrogen) atoms. The minimum Gasteiger partial charge on any atom is -0.332 e. The molecule has 102 valence electrons. The number of rotatable bonds is 1. The molecule has 0 saturated heterocycles. The maximum atomic E-state index is 4.81. The number of hydrogen-bond acceptors (Lipinski definition) is 4. The Balaban J connectivity index is 1.63. The van der Waals surface area contributed by atoms with Crippen LogP contribution in [0.25, 0.3) is 0 Å². The Morgan fingerprint density at radius 2 is 1.70 bits per heavy atom. The molecule has 0 spiro atoms. The number of benzene rings is 1. The zero-order valence-corrected chi connectivity index (χ0v) is 11.5. The molecule has 0 unspecified atom stereocenters. The molecule has 0 atom stereocenters. The first-order valence-electron chi connectivity index (χ1n) is 7.27. The van der Waals surface area contributed by atoms with E-state index in [9.17, 15) is 0 Å². The fourth-order valence-electron chi connectivity index (χ4n) is 3.04. The van der Waals surface area contributed by atoms with Crippen LogP contribution in [-0.4, -0.2) is 23.1 Å². The summed E-state index contributed by atoms with van der Waals surface area (Å²) >= 11 is 0. The molecule has 1 N–H and O–H groups in total. The standard InChI is InChI=1S/C16H18N4/c1-2-4-14-11-20(10-13(14)3-1)16-18-9-12-5-7-17-8-6-15(12)19-16/h1-4,9,17H,5-8,10-11H2. The van der Waals surface area contributed by atoms with E-state index in [2.05, 4.69) is 39.5 Å². The Morgan fingerprint density at radius 1 is 0.950 bits per heavy atom. The lowest BCUT2D eigenvalue weighted by molar-refractivity contribution is 0.708. The lowest BCUT2D eigenvalue weighted by Gasteiger charge is -2.16. The molecule has 3 heterocycles. The van der Waals surface area contributed by atoms with Crippen molar-refractivity contribution in [2.24, 2.45) is 0 Å². The van der Waals surface area contributed by atoms with E-state index in [1.165, 1.54) is 22.4 Å². The number of aromatic nitrogens is 2. The van der Waals surface area contributed by atoms with Gasteiger partial charge in [-0.3, -0.25) is 0 Å². The summed E-state index contributed by atoms with van der Waals surface area (Å²) in [4.78, 5) is 11.7.